The molecule has 2 aliphatic rings. The molecular weight excluding hydrogens is 481 g/mol. The topological polar surface area (TPSA) is 68.8 Å². The van der Waals surface area contributed by atoms with Gasteiger partial charge >= 0.3 is 0 Å². The van der Waals surface area contributed by atoms with Crippen LogP contribution < -0.4 is 5.32 Å². The highest BCUT2D eigenvalue weighted by Gasteiger charge is 2.25. The van der Waals surface area contributed by atoms with Gasteiger partial charge in [-0.25, -0.2) is 4.39 Å². The predicted octanol–water partition coefficient (Wildman–Crippen LogP) is 4.20. The first-order valence-corrected chi connectivity index (χ1v) is 14.2. The monoisotopic (exact) mass is 523 g/mol. The van der Waals surface area contributed by atoms with Crippen molar-refractivity contribution in [3.05, 3.63) is 65.2 Å². The van der Waals surface area contributed by atoms with Gasteiger partial charge in [-0.2, -0.15) is 0 Å². The molecule has 8 heteroatoms. The molecule has 2 saturated heterocycles. The molecule has 1 unspecified atom stereocenters. The van der Waals surface area contributed by atoms with E-state index in [9.17, 15) is 14.0 Å². The first-order valence-electron chi connectivity index (χ1n) is 14.2. The summed E-state index contributed by atoms with van der Waals surface area (Å²) in [5, 5.41) is 3.14. The number of aromatic nitrogens is 1. The number of rotatable bonds is 10. The van der Waals surface area contributed by atoms with E-state index >= 15 is 0 Å². The van der Waals surface area contributed by atoms with Gasteiger partial charge in [0.1, 0.15) is 11.5 Å². The molecule has 206 valence electrons. The van der Waals surface area contributed by atoms with Gasteiger partial charge < -0.3 is 15.1 Å². The van der Waals surface area contributed by atoms with Gasteiger partial charge in [0.15, 0.2) is 0 Å². The molecule has 2 amide bonds. The quantitative estimate of drug-likeness (QED) is 0.506. The second-order valence-corrected chi connectivity index (χ2v) is 10.7. The molecule has 1 aromatic carbocycles. The average Bonchev–Trinajstić information content (AvgIpc) is 2.95. The molecule has 2 aliphatic heterocycles. The molecule has 1 aromatic heterocycles. The zero-order chi connectivity index (χ0) is 26.9. The normalized spacial score (nSPS) is 18.3. The summed E-state index contributed by atoms with van der Waals surface area (Å²) in [6, 6.07) is 10.1. The Hall–Kier alpha value is -2.84. The number of likely N-dealkylation sites (tertiary alicyclic amines) is 1. The van der Waals surface area contributed by atoms with E-state index in [1.807, 2.05) is 4.90 Å². The number of amides is 2. The van der Waals surface area contributed by atoms with Crippen LogP contribution in [0, 0.1) is 11.7 Å². The molecule has 2 aromatic rings. The number of pyridine rings is 1. The van der Waals surface area contributed by atoms with E-state index in [1.54, 1.807) is 24.3 Å². The van der Waals surface area contributed by atoms with Crippen LogP contribution >= 0.6 is 0 Å². The number of hydrogen-bond donors (Lipinski definition) is 1. The number of piperazine rings is 1. The van der Waals surface area contributed by atoms with Crippen molar-refractivity contribution in [2.75, 3.05) is 45.8 Å². The third-order valence-corrected chi connectivity index (χ3v) is 7.94. The number of carbonyl (C=O) groups excluding carboxylic acids is 2. The third kappa shape index (κ3) is 7.84. The Bertz CT molecular complexity index is 1030. The van der Waals surface area contributed by atoms with Crippen molar-refractivity contribution in [3.63, 3.8) is 0 Å². The van der Waals surface area contributed by atoms with Crippen molar-refractivity contribution >= 4 is 11.8 Å². The zero-order valence-corrected chi connectivity index (χ0v) is 22.9. The number of halogens is 1. The molecule has 0 spiro atoms. The van der Waals surface area contributed by atoms with Gasteiger partial charge in [-0.05, 0) is 55.0 Å². The van der Waals surface area contributed by atoms with Crippen LogP contribution in [0.5, 0.6) is 0 Å². The molecule has 1 atom stereocenters. The summed E-state index contributed by atoms with van der Waals surface area (Å²) in [4.78, 5) is 36.7. The number of piperidine rings is 1. The molecule has 0 aliphatic carbocycles. The maximum Gasteiger partial charge on any atom is 0.270 e. The Balaban J connectivity index is 1.20. The summed E-state index contributed by atoms with van der Waals surface area (Å²) >= 11 is 0. The smallest absolute Gasteiger partial charge is 0.270 e. The number of nitrogens with zero attached hydrogens (tertiary/aromatic N) is 4. The van der Waals surface area contributed by atoms with Crippen molar-refractivity contribution in [1.82, 2.24) is 25.0 Å². The van der Waals surface area contributed by atoms with Gasteiger partial charge in [-0.15, -0.1) is 0 Å². The Kier molecular flexibility index (Phi) is 10.2. The van der Waals surface area contributed by atoms with Gasteiger partial charge in [-0.1, -0.05) is 38.8 Å². The van der Waals surface area contributed by atoms with E-state index in [4.69, 9.17) is 0 Å². The van der Waals surface area contributed by atoms with Gasteiger partial charge in [0, 0.05) is 64.6 Å². The first kappa shape index (κ1) is 28.2. The average molecular weight is 524 g/mol. The van der Waals surface area contributed by atoms with Crippen LogP contribution in [-0.4, -0.2) is 83.4 Å². The lowest BCUT2D eigenvalue weighted by molar-refractivity contribution is 0.0627. The predicted molar refractivity (Wildman–Crippen MR) is 147 cm³/mol. The van der Waals surface area contributed by atoms with Gasteiger partial charge in [0.05, 0.1) is 5.56 Å². The van der Waals surface area contributed by atoms with E-state index in [0.29, 0.717) is 24.3 Å². The molecule has 0 radical (unpaired) electrons. The molecule has 3 heterocycles. The highest BCUT2D eigenvalue weighted by Crippen LogP contribution is 2.18. The highest BCUT2D eigenvalue weighted by atomic mass is 19.1. The van der Waals surface area contributed by atoms with Crippen molar-refractivity contribution in [3.8, 4) is 0 Å². The van der Waals surface area contributed by atoms with E-state index in [0.717, 1.165) is 63.6 Å². The zero-order valence-electron chi connectivity index (χ0n) is 22.9. The minimum absolute atomic E-state index is 0.0632. The van der Waals surface area contributed by atoms with E-state index < -0.39 is 0 Å². The largest absolute Gasteiger partial charge is 0.348 e. The van der Waals surface area contributed by atoms with Crippen molar-refractivity contribution < 1.29 is 14.0 Å². The van der Waals surface area contributed by atoms with Crippen molar-refractivity contribution in [1.29, 1.82) is 0 Å². The summed E-state index contributed by atoms with van der Waals surface area (Å²) < 4.78 is 13.1. The number of carbonyl (C=O) groups is 2. The van der Waals surface area contributed by atoms with Crippen LogP contribution in [0.4, 0.5) is 4.39 Å². The summed E-state index contributed by atoms with van der Waals surface area (Å²) in [6.07, 6.45) is 7.17. The van der Waals surface area contributed by atoms with E-state index in [2.05, 4.69) is 33.9 Å². The number of benzene rings is 1. The Morgan fingerprint density at radius 1 is 0.974 bits per heavy atom. The van der Waals surface area contributed by atoms with Crippen LogP contribution in [0.25, 0.3) is 0 Å². The second-order valence-electron chi connectivity index (χ2n) is 10.7. The molecule has 38 heavy (non-hydrogen) atoms. The van der Waals surface area contributed by atoms with Crippen molar-refractivity contribution in [2.24, 2.45) is 5.92 Å². The Morgan fingerprint density at radius 3 is 2.29 bits per heavy atom. The fourth-order valence-electron chi connectivity index (χ4n) is 5.51. The summed E-state index contributed by atoms with van der Waals surface area (Å²) in [5.41, 5.74) is 1.91. The van der Waals surface area contributed by atoms with Crippen LogP contribution in [-0.2, 0) is 6.54 Å². The lowest BCUT2D eigenvalue weighted by Crippen LogP contribution is -2.48. The molecule has 4 rings (SSSR count). The number of nitrogens with one attached hydrogen (secondary N) is 1. The van der Waals surface area contributed by atoms with Gasteiger partial charge in [0.25, 0.3) is 11.8 Å². The summed E-state index contributed by atoms with van der Waals surface area (Å²) in [5.74, 6) is 0.299. The minimum atomic E-state index is -0.232. The maximum absolute atomic E-state index is 13.1. The third-order valence-electron chi connectivity index (χ3n) is 7.94. The molecule has 2 fully saturated rings. The van der Waals surface area contributed by atoms with Crippen LogP contribution in [0.2, 0.25) is 0 Å². The number of hydrogen-bond acceptors (Lipinski definition) is 5. The highest BCUT2D eigenvalue weighted by molar-refractivity contribution is 5.96. The fraction of sp³-hybridized carbons (Fsp3) is 0.567. The molecular formula is C30H42FN5O2. The minimum Gasteiger partial charge on any atom is -0.348 e. The summed E-state index contributed by atoms with van der Waals surface area (Å²) in [7, 11) is 0. The van der Waals surface area contributed by atoms with Gasteiger partial charge in [-0.3, -0.25) is 19.5 Å². The Labute approximate surface area is 226 Å². The maximum atomic E-state index is 13.1. The molecule has 0 saturated carbocycles. The molecule has 7 nitrogen and oxygen atoms in total. The lowest BCUT2D eigenvalue weighted by atomic mass is 9.97. The van der Waals surface area contributed by atoms with Crippen LogP contribution in [0.1, 0.15) is 72.4 Å². The lowest BCUT2D eigenvalue weighted by Gasteiger charge is -2.34. The first-order chi connectivity index (χ1) is 18.4. The van der Waals surface area contributed by atoms with Crippen LogP contribution in [0.15, 0.2) is 42.6 Å². The molecule has 0 bridgehead atoms. The SMILES string of the molecule is CCCC(CC)CN1CCC(NC(=O)c2ccc(C(=O)N3CCN(Cc4ccc(F)cc4)CC3)cn2)CC1. The summed E-state index contributed by atoms with van der Waals surface area (Å²) in [6.45, 7) is 11.2. The van der Waals surface area contributed by atoms with Crippen molar-refractivity contribution in [2.45, 2.75) is 58.5 Å². The van der Waals surface area contributed by atoms with Gasteiger partial charge in [0.2, 0.25) is 0 Å². The second kappa shape index (κ2) is 13.8. The fourth-order valence-corrected chi connectivity index (χ4v) is 5.51. The van der Waals surface area contributed by atoms with E-state index in [1.165, 1.54) is 37.6 Å². The molecule has 1 N–H and O–H groups in total. The Morgan fingerprint density at radius 2 is 1.68 bits per heavy atom. The van der Waals surface area contributed by atoms with E-state index in [-0.39, 0.29) is 23.7 Å². The van der Waals surface area contributed by atoms with Crippen LogP contribution in [0.3, 0.4) is 0 Å². The standard InChI is InChI=1S/C30H42FN5O2/c1-3-5-23(4-2)21-34-14-12-27(13-15-34)33-29(37)28-11-8-25(20-32-28)30(38)36-18-16-35(17-19-36)22-24-6-9-26(31)10-7-24/h6-11,20,23,27H,3-5,12-19,21-22H2,1-2H3,(H,33,37).